The highest BCUT2D eigenvalue weighted by Gasteiger charge is 2.36. The third-order valence-electron chi connectivity index (χ3n) is 6.53. The normalized spacial score (nSPS) is 12.8. The molecule has 1 amide bonds. The summed E-state index contributed by atoms with van der Waals surface area (Å²) in [5, 5.41) is 7.91. The van der Waals surface area contributed by atoms with E-state index in [1.54, 1.807) is 18.2 Å². The number of sulfonamides is 1. The maximum absolute atomic E-state index is 13.5. The highest BCUT2D eigenvalue weighted by atomic mass is 32.2. The van der Waals surface area contributed by atoms with E-state index in [0.29, 0.717) is 11.4 Å². The van der Waals surface area contributed by atoms with Gasteiger partial charge < -0.3 is 10.1 Å². The second-order valence-corrected chi connectivity index (χ2v) is 12.6. The number of Topliss-reactive ketones (excluding diaryl/α,β-unsaturated/α-hetero) is 1. The van der Waals surface area contributed by atoms with Gasteiger partial charge in [0.05, 0.1) is 23.1 Å². The molecule has 3 N–H and O–H groups in total. The number of nitrogens with two attached hydrogens (primary N) is 1. The lowest BCUT2D eigenvalue weighted by atomic mass is 9.85. The number of hydrogen-bond donors (Lipinski definition) is 2. The van der Waals surface area contributed by atoms with Crippen LogP contribution in [0, 0.1) is 5.41 Å². The first-order valence-electron chi connectivity index (χ1n) is 14.0. The lowest BCUT2D eigenvalue weighted by Gasteiger charge is -2.26. The number of unbranched alkanes of at least 4 members (excludes halogenated alkanes) is 11. The SMILES string of the molecule is CCCCCCCCCCCCCCC(C)Oc1cccc(NC(C)=O)c1C(=O)C(C)(C)CS(N)(=O)=O. The van der Waals surface area contributed by atoms with E-state index in [1.165, 1.54) is 85.0 Å². The number of anilines is 1. The molecule has 0 aliphatic rings. The zero-order valence-corrected chi connectivity index (χ0v) is 24.6. The standard InChI is InChI=1S/C29H50N2O5S/c1-6-7-8-9-10-11-12-13-14-15-16-17-19-23(2)36-26-21-18-20-25(31-24(3)32)27(26)28(33)29(4,5)22-37(30,34)35/h18,20-21,23H,6-17,19,22H2,1-5H3,(H,31,32)(H2,30,34,35). The summed E-state index contributed by atoms with van der Waals surface area (Å²) >= 11 is 0. The topological polar surface area (TPSA) is 116 Å². The number of carbonyl (C=O) groups is 2. The van der Waals surface area contributed by atoms with Crippen LogP contribution in [0.2, 0.25) is 0 Å². The number of amides is 1. The minimum absolute atomic E-state index is 0.136. The number of benzene rings is 1. The zero-order valence-electron chi connectivity index (χ0n) is 23.7. The van der Waals surface area contributed by atoms with Crippen molar-refractivity contribution in [1.29, 1.82) is 0 Å². The molecule has 1 atom stereocenters. The molecule has 1 unspecified atom stereocenters. The van der Waals surface area contributed by atoms with Gasteiger partial charge in [-0.15, -0.1) is 0 Å². The van der Waals surface area contributed by atoms with Crippen LogP contribution in [0.5, 0.6) is 5.75 Å². The van der Waals surface area contributed by atoms with Gasteiger partial charge in [-0.25, -0.2) is 13.6 Å². The molecule has 0 spiro atoms. The maximum atomic E-state index is 13.5. The molecule has 0 fully saturated rings. The van der Waals surface area contributed by atoms with Crippen molar-refractivity contribution in [1.82, 2.24) is 0 Å². The Bertz CT molecular complexity index is 944. The average molecular weight is 539 g/mol. The van der Waals surface area contributed by atoms with Crippen LogP contribution in [-0.2, 0) is 14.8 Å². The van der Waals surface area contributed by atoms with Crippen molar-refractivity contribution in [2.24, 2.45) is 10.6 Å². The summed E-state index contributed by atoms with van der Waals surface area (Å²) in [5.74, 6) is -0.954. The van der Waals surface area contributed by atoms with Gasteiger partial charge >= 0.3 is 0 Å². The van der Waals surface area contributed by atoms with Gasteiger partial charge in [-0.05, 0) is 31.9 Å². The van der Waals surface area contributed by atoms with E-state index in [4.69, 9.17) is 9.88 Å². The second kappa shape index (κ2) is 16.8. The van der Waals surface area contributed by atoms with Crippen LogP contribution in [0.3, 0.4) is 0 Å². The average Bonchev–Trinajstić information content (AvgIpc) is 2.77. The molecule has 37 heavy (non-hydrogen) atoms. The van der Waals surface area contributed by atoms with E-state index >= 15 is 0 Å². The van der Waals surface area contributed by atoms with Gasteiger partial charge in [0.15, 0.2) is 5.78 Å². The van der Waals surface area contributed by atoms with E-state index in [0.717, 1.165) is 19.3 Å². The van der Waals surface area contributed by atoms with E-state index in [1.807, 2.05) is 6.92 Å². The third-order valence-corrected chi connectivity index (χ3v) is 7.66. The molecular weight excluding hydrogens is 488 g/mol. The number of hydrogen-bond acceptors (Lipinski definition) is 5. The van der Waals surface area contributed by atoms with E-state index in [-0.39, 0.29) is 17.6 Å². The number of primary sulfonamides is 1. The summed E-state index contributed by atoms with van der Waals surface area (Å²) < 4.78 is 29.6. The first-order chi connectivity index (χ1) is 17.4. The van der Waals surface area contributed by atoms with Crippen LogP contribution in [-0.4, -0.2) is 32.0 Å². The largest absolute Gasteiger partial charge is 0.490 e. The first-order valence-corrected chi connectivity index (χ1v) is 15.7. The van der Waals surface area contributed by atoms with Crippen molar-refractivity contribution >= 4 is 27.4 Å². The van der Waals surface area contributed by atoms with Crippen molar-refractivity contribution < 1.29 is 22.7 Å². The van der Waals surface area contributed by atoms with Crippen molar-refractivity contribution in [3.63, 3.8) is 0 Å². The predicted molar refractivity (Wildman–Crippen MR) is 153 cm³/mol. The van der Waals surface area contributed by atoms with Gasteiger partial charge in [0, 0.05) is 12.3 Å². The smallest absolute Gasteiger partial charge is 0.221 e. The number of rotatable bonds is 20. The van der Waals surface area contributed by atoms with Gasteiger partial charge in [-0.1, -0.05) is 97.5 Å². The van der Waals surface area contributed by atoms with E-state index < -0.39 is 27.0 Å². The van der Waals surface area contributed by atoms with Crippen LogP contribution in [0.25, 0.3) is 0 Å². The highest BCUT2D eigenvalue weighted by Crippen LogP contribution is 2.35. The molecule has 0 bridgehead atoms. The number of ketones is 1. The van der Waals surface area contributed by atoms with Crippen LogP contribution in [0.15, 0.2) is 18.2 Å². The molecule has 212 valence electrons. The summed E-state index contributed by atoms with van der Waals surface area (Å²) in [7, 11) is -3.89. The van der Waals surface area contributed by atoms with Crippen molar-refractivity contribution in [3.05, 3.63) is 23.8 Å². The van der Waals surface area contributed by atoms with Crippen molar-refractivity contribution in [2.75, 3.05) is 11.1 Å². The second-order valence-electron chi connectivity index (χ2n) is 11.0. The summed E-state index contributed by atoms with van der Waals surface area (Å²) in [4.78, 5) is 25.2. The summed E-state index contributed by atoms with van der Waals surface area (Å²) in [6, 6.07) is 5.01. The molecule has 0 heterocycles. The van der Waals surface area contributed by atoms with Crippen LogP contribution in [0.4, 0.5) is 5.69 Å². The first kappa shape index (κ1) is 33.1. The van der Waals surface area contributed by atoms with Crippen molar-refractivity contribution in [3.8, 4) is 5.75 Å². The monoisotopic (exact) mass is 538 g/mol. The molecule has 1 aromatic rings. The zero-order chi connectivity index (χ0) is 27.9. The Hall–Kier alpha value is -1.93. The molecule has 1 rings (SSSR count). The van der Waals surface area contributed by atoms with Gasteiger partial charge in [0.2, 0.25) is 15.9 Å². The Labute approximate surface area is 225 Å². The molecule has 1 aromatic carbocycles. The fourth-order valence-corrected chi connectivity index (χ4v) is 5.75. The Morgan fingerprint density at radius 2 is 1.46 bits per heavy atom. The van der Waals surface area contributed by atoms with Crippen LogP contribution < -0.4 is 15.2 Å². The number of carbonyl (C=O) groups excluding carboxylic acids is 2. The Morgan fingerprint density at radius 1 is 0.946 bits per heavy atom. The fourth-order valence-electron chi connectivity index (χ4n) is 4.61. The Morgan fingerprint density at radius 3 is 1.95 bits per heavy atom. The molecule has 0 aliphatic carbocycles. The minimum atomic E-state index is -3.89. The molecule has 0 aliphatic heterocycles. The molecular formula is C29H50N2O5S. The maximum Gasteiger partial charge on any atom is 0.221 e. The van der Waals surface area contributed by atoms with Crippen LogP contribution in [0.1, 0.15) is 128 Å². The van der Waals surface area contributed by atoms with Gasteiger partial charge in [0.25, 0.3) is 0 Å². The molecule has 0 aromatic heterocycles. The summed E-state index contributed by atoms with van der Waals surface area (Å²) in [6.07, 6.45) is 16.1. The van der Waals surface area contributed by atoms with E-state index in [9.17, 15) is 18.0 Å². The quantitative estimate of drug-likeness (QED) is 0.137. The predicted octanol–water partition coefficient (Wildman–Crippen LogP) is 7.00. The summed E-state index contributed by atoms with van der Waals surface area (Å²) in [5.41, 5.74) is -0.818. The minimum Gasteiger partial charge on any atom is -0.490 e. The fraction of sp³-hybridized carbons (Fsp3) is 0.724. The highest BCUT2D eigenvalue weighted by molar-refractivity contribution is 7.89. The lowest BCUT2D eigenvalue weighted by Crippen LogP contribution is -2.36. The van der Waals surface area contributed by atoms with E-state index in [2.05, 4.69) is 12.2 Å². The summed E-state index contributed by atoms with van der Waals surface area (Å²) in [6.45, 7) is 8.63. The van der Waals surface area contributed by atoms with Gasteiger partial charge in [-0.3, -0.25) is 9.59 Å². The Balaban J connectivity index is 2.64. The van der Waals surface area contributed by atoms with Gasteiger partial charge in [-0.2, -0.15) is 0 Å². The molecule has 7 nitrogen and oxygen atoms in total. The molecule has 0 radical (unpaired) electrons. The van der Waals surface area contributed by atoms with Gasteiger partial charge in [0.1, 0.15) is 5.75 Å². The van der Waals surface area contributed by atoms with Crippen LogP contribution >= 0.6 is 0 Å². The lowest BCUT2D eigenvalue weighted by molar-refractivity contribution is -0.114. The molecule has 0 saturated carbocycles. The number of nitrogens with one attached hydrogen (secondary N) is 1. The molecule has 0 saturated heterocycles. The van der Waals surface area contributed by atoms with Crippen molar-refractivity contribution in [2.45, 2.75) is 124 Å². The third kappa shape index (κ3) is 14.0. The Kier molecular flexibility index (Phi) is 15.0. The molecule has 8 heteroatoms. The number of ether oxygens (including phenoxy) is 1.